The van der Waals surface area contributed by atoms with E-state index in [1.165, 1.54) is 25.8 Å². The van der Waals surface area contributed by atoms with Gasteiger partial charge in [0.2, 0.25) is 5.78 Å². The van der Waals surface area contributed by atoms with E-state index in [1.807, 2.05) is 6.26 Å². The summed E-state index contributed by atoms with van der Waals surface area (Å²) in [7, 11) is 1.52. The summed E-state index contributed by atoms with van der Waals surface area (Å²) in [6.45, 7) is 1.44. The van der Waals surface area contributed by atoms with Gasteiger partial charge < -0.3 is 9.53 Å². The average molecular weight is 339 g/mol. The number of hydrogen-bond acceptors (Lipinski definition) is 6. The second-order valence-corrected chi connectivity index (χ2v) is 5.08. The van der Waals surface area contributed by atoms with Gasteiger partial charge in [-0.2, -0.15) is 0 Å². The number of benzene rings is 1. The highest BCUT2D eigenvalue weighted by molar-refractivity contribution is 7.98. The number of aromatic nitrogens is 2. The van der Waals surface area contributed by atoms with E-state index in [0.717, 1.165) is 6.29 Å². The third-order valence-corrected chi connectivity index (χ3v) is 3.45. The molecule has 0 atom stereocenters. The molecule has 0 saturated carbocycles. The van der Waals surface area contributed by atoms with Gasteiger partial charge in [-0.25, -0.2) is 0 Å². The van der Waals surface area contributed by atoms with Crippen molar-refractivity contribution >= 4 is 35.4 Å². The lowest BCUT2D eigenvalue weighted by Crippen LogP contribution is -2.09. The summed E-state index contributed by atoms with van der Waals surface area (Å²) < 4.78 is 5.18. The zero-order chi connectivity index (χ0) is 16.5. The van der Waals surface area contributed by atoms with Crippen molar-refractivity contribution in [1.82, 2.24) is 10.2 Å². The van der Waals surface area contributed by atoms with Crippen molar-refractivity contribution in [2.75, 3.05) is 13.4 Å². The number of ether oxygens (including phenoxy) is 1. The summed E-state index contributed by atoms with van der Waals surface area (Å²) in [5.74, 6) is 0.280. The van der Waals surface area contributed by atoms with Crippen LogP contribution in [0.15, 0.2) is 35.2 Å². The highest BCUT2D eigenvalue weighted by atomic mass is 35.5. The van der Waals surface area contributed by atoms with Crippen molar-refractivity contribution in [1.29, 1.82) is 0 Å². The zero-order valence-electron chi connectivity index (χ0n) is 12.4. The fraction of sp³-hybridized carbons (Fsp3) is 0.200. The predicted molar refractivity (Wildman–Crippen MR) is 87.0 cm³/mol. The molecular formula is C15H15ClN2O3S. The molecule has 0 saturated heterocycles. The molecule has 5 nitrogen and oxygen atoms in total. The first kappa shape index (κ1) is 18.1. The lowest BCUT2D eigenvalue weighted by Gasteiger charge is -2.08. The van der Waals surface area contributed by atoms with Gasteiger partial charge in [-0.15, -0.1) is 22.0 Å². The molecule has 2 aromatic rings. The maximum absolute atomic E-state index is 12.5. The van der Waals surface area contributed by atoms with Crippen LogP contribution in [0.2, 0.25) is 5.15 Å². The van der Waals surface area contributed by atoms with Gasteiger partial charge in [0, 0.05) is 4.90 Å². The quantitative estimate of drug-likeness (QED) is 0.484. The van der Waals surface area contributed by atoms with Crippen molar-refractivity contribution in [2.45, 2.75) is 11.8 Å². The Morgan fingerprint density at radius 2 is 1.95 bits per heavy atom. The molecule has 0 bridgehead atoms. The van der Waals surface area contributed by atoms with Crippen molar-refractivity contribution in [2.24, 2.45) is 0 Å². The van der Waals surface area contributed by atoms with Crippen LogP contribution in [0, 0.1) is 0 Å². The second-order valence-electron chi connectivity index (χ2n) is 3.85. The first-order valence-corrected chi connectivity index (χ1v) is 7.84. The normalized spacial score (nSPS) is 9.45. The van der Waals surface area contributed by atoms with E-state index in [0.29, 0.717) is 16.2 Å². The summed E-state index contributed by atoms with van der Waals surface area (Å²) in [6, 6.07) is 8.63. The van der Waals surface area contributed by atoms with Crippen LogP contribution in [-0.4, -0.2) is 35.6 Å². The molecule has 2 rings (SSSR count). The number of rotatable bonds is 4. The third-order valence-electron chi connectivity index (χ3n) is 2.52. The molecule has 0 unspecified atom stereocenters. The van der Waals surface area contributed by atoms with Crippen molar-refractivity contribution in [3.05, 3.63) is 46.7 Å². The van der Waals surface area contributed by atoms with Gasteiger partial charge >= 0.3 is 0 Å². The molecule has 7 heteroatoms. The average Bonchev–Trinajstić information content (AvgIpc) is 2.54. The van der Waals surface area contributed by atoms with E-state index in [4.69, 9.17) is 21.1 Å². The van der Waals surface area contributed by atoms with Crippen LogP contribution < -0.4 is 4.74 Å². The van der Waals surface area contributed by atoms with Gasteiger partial charge in [0.15, 0.2) is 5.15 Å². The Bertz CT molecular complexity index is 665. The molecule has 0 spiro atoms. The fourth-order valence-corrected chi connectivity index (χ4v) is 2.39. The minimum Gasteiger partial charge on any atom is -0.496 e. The monoisotopic (exact) mass is 338 g/mol. The summed E-state index contributed by atoms with van der Waals surface area (Å²) in [5.41, 5.74) is 0.735. The lowest BCUT2D eigenvalue weighted by molar-refractivity contribution is -0.106. The number of hydrogen-bond donors (Lipinski definition) is 0. The van der Waals surface area contributed by atoms with Gasteiger partial charge in [0.25, 0.3) is 0 Å². The molecular weight excluding hydrogens is 324 g/mol. The van der Waals surface area contributed by atoms with Crippen LogP contribution in [0.25, 0.3) is 0 Å². The smallest absolute Gasteiger partial charge is 0.218 e. The maximum Gasteiger partial charge on any atom is 0.218 e. The number of halogens is 1. The van der Waals surface area contributed by atoms with Crippen LogP contribution in [0.4, 0.5) is 0 Å². The van der Waals surface area contributed by atoms with E-state index >= 15 is 0 Å². The molecule has 0 fully saturated rings. The minimum absolute atomic E-state index is 0.231. The Kier molecular flexibility index (Phi) is 7.56. The molecule has 0 amide bonds. The molecule has 0 aliphatic heterocycles. The van der Waals surface area contributed by atoms with Crippen molar-refractivity contribution in [3.63, 3.8) is 0 Å². The zero-order valence-corrected chi connectivity index (χ0v) is 13.9. The Labute approximate surface area is 138 Å². The molecule has 0 N–H and O–H groups in total. The van der Waals surface area contributed by atoms with Crippen LogP contribution in [-0.2, 0) is 4.79 Å². The van der Waals surface area contributed by atoms with Gasteiger partial charge in [0.05, 0.1) is 12.7 Å². The van der Waals surface area contributed by atoms with Crippen LogP contribution >= 0.6 is 23.4 Å². The summed E-state index contributed by atoms with van der Waals surface area (Å²) in [5, 5.41) is 7.89. The number of ketones is 1. The van der Waals surface area contributed by atoms with Gasteiger partial charge in [0.1, 0.15) is 17.7 Å². The van der Waals surface area contributed by atoms with E-state index in [-0.39, 0.29) is 16.6 Å². The third kappa shape index (κ3) is 4.54. The van der Waals surface area contributed by atoms with Crippen molar-refractivity contribution < 1.29 is 14.3 Å². The van der Waals surface area contributed by atoms with Crippen LogP contribution in [0.1, 0.15) is 23.0 Å². The Hall–Kier alpha value is -1.92. The highest BCUT2D eigenvalue weighted by Gasteiger charge is 2.19. The number of carbonyl (C=O) groups excluding carboxylic acids is 2. The summed E-state index contributed by atoms with van der Waals surface area (Å²) in [4.78, 5) is 22.0. The van der Waals surface area contributed by atoms with Gasteiger partial charge in [-0.05, 0) is 31.4 Å². The SMILES string of the molecule is CC=O.COc1ccccc1C(=O)c1nnc(Cl)cc1SC. The molecule has 1 heterocycles. The maximum atomic E-state index is 12.5. The molecule has 0 radical (unpaired) electrons. The van der Waals surface area contributed by atoms with E-state index in [1.54, 1.807) is 30.3 Å². The van der Waals surface area contributed by atoms with Crippen molar-refractivity contribution in [3.8, 4) is 5.75 Å². The fourth-order valence-electron chi connectivity index (χ4n) is 1.63. The second kappa shape index (κ2) is 9.17. The molecule has 1 aromatic heterocycles. The number of para-hydroxylation sites is 1. The Balaban J connectivity index is 0.000000745. The largest absolute Gasteiger partial charge is 0.496 e. The molecule has 116 valence electrons. The molecule has 0 aliphatic carbocycles. The highest BCUT2D eigenvalue weighted by Crippen LogP contribution is 2.26. The first-order chi connectivity index (χ1) is 10.6. The van der Waals surface area contributed by atoms with E-state index in [9.17, 15) is 4.79 Å². The van der Waals surface area contributed by atoms with Crippen LogP contribution in [0.5, 0.6) is 5.75 Å². The standard InChI is InChI=1S/C13H11ClN2O2S.C2H4O/c1-18-9-6-4-3-5-8(9)13(17)12-10(19-2)7-11(14)15-16-12;1-2-3/h3-7H,1-2H3;2H,1H3. The van der Waals surface area contributed by atoms with E-state index in [2.05, 4.69) is 10.2 Å². The van der Waals surface area contributed by atoms with Crippen LogP contribution in [0.3, 0.4) is 0 Å². The number of methoxy groups -OCH3 is 1. The Morgan fingerprint density at radius 3 is 2.55 bits per heavy atom. The predicted octanol–water partition coefficient (Wildman–Crippen LogP) is 3.30. The van der Waals surface area contributed by atoms with Gasteiger partial charge in [-0.1, -0.05) is 23.7 Å². The summed E-state index contributed by atoms with van der Waals surface area (Å²) >= 11 is 7.18. The Morgan fingerprint density at radius 1 is 1.32 bits per heavy atom. The summed E-state index contributed by atoms with van der Waals surface area (Å²) in [6.07, 6.45) is 2.60. The number of carbonyl (C=O) groups is 2. The number of thioether (sulfide) groups is 1. The minimum atomic E-state index is -0.231. The molecule has 0 aliphatic rings. The number of nitrogens with zero attached hydrogens (tertiary/aromatic N) is 2. The first-order valence-electron chi connectivity index (χ1n) is 6.23. The topological polar surface area (TPSA) is 69.2 Å². The molecule has 1 aromatic carbocycles. The number of aldehydes is 1. The molecule has 22 heavy (non-hydrogen) atoms. The van der Waals surface area contributed by atoms with E-state index < -0.39 is 0 Å². The van der Waals surface area contributed by atoms with Gasteiger partial charge in [-0.3, -0.25) is 4.79 Å². The lowest BCUT2D eigenvalue weighted by atomic mass is 10.1.